The van der Waals surface area contributed by atoms with Crippen LogP contribution in [0.25, 0.3) is 0 Å². The summed E-state index contributed by atoms with van der Waals surface area (Å²) in [6.07, 6.45) is 1.02. The van der Waals surface area contributed by atoms with E-state index in [1.807, 2.05) is 0 Å². The molecule has 1 aromatic heterocycles. The lowest BCUT2D eigenvalue weighted by molar-refractivity contribution is 0.465. The Morgan fingerprint density at radius 2 is 2.40 bits per heavy atom. The van der Waals surface area contributed by atoms with Gasteiger partial charge in [0.05, 0.1) is 6.20 Å². The molecule has 0 atom stereocenters. The van der Waals surface area contributed by atoms with Crippen molar-refractivity contribution in [3.63, 3.8) is 0 Å². The van der Waals surface area contributed by atoms with Gasteiger partial charge in [-0.1, -0.05) is 0 Å². The van der Waals surface area contributed by atoms with Crippen LogP contribution >= 0.6 is 0 Å². The van der Waals surface area contributed by atoms with Gasteiger partial charge in [0, 0.05) is 6.07 Å². The monoisotopic (exact) mass is 138 g/mol. The molecule has 1 aromatic rings. The number of aromatic hydroxyl groups is 1. The lowest BCUT2D eigenvalue weighted by Crippen LogP contribution is -1.86. The van der Waals surface area contributed by atoms with E-state index in [1.54, 1.807) is 0 Å². The molecule has 3 nitrogen and oxygen atoms in total. The summed E-state index contributed by atoms with van der Waals surface area (Å²) in [5.74, 6) is -1.08. The van der Waals surface area contributed by atoms with Gasteiger partial charge < -0.3 is 5.11 Å². The Balaban J connectivity index is 3.23. The van der Waals surface area contributed by atoms with E-state index >= 15 is 0 Å². The summed E-state index contributed by atoms with van der Waals surface area (Å²) in [6, 6.07) is 2.36. The summed E-state index contributed by atoms with van der Waals surface area (Å²) < 4.78 is 12.4. The Bertz CT molecular complexity index is 292. The molecule has 0 aromatic carbocycles. The van der Waals surface area contributed by atoms with Gasteiger partial charge in [0.2, 0.25) is 0 Å². The van der Waals surface area contributed by atoms with E-state index in [-0.39, 0.29) is 11.4 Å². The van der Waals surface area contributed by atoms with Crippen LogP contribution in [0.1, 0.15) is 5.69 Å². The average Bonchev–Trinajstić information content (AvgIpc) is 1.88. The molecule has 0 spiro atoms. The number of nitrogens with zero attached hydrogens (tertiary/aromatic N) is 2. The van der Waals surface area contributed by atoms with E-state index in [0.29, 0.717) is 0 Å². The van der Waals surface area contributed by atoms with E-state index in [0.717, 1.165) is 12.3 Å². The molecule has 1 heterocycles. The molecule has 0 bridgehead atoms. The second-order valence-electron chi connectivity index (χ2n) is 1.64. The smallest absolute Gasteiger partial charge is 0.176 e. The highest BCUT2D eigenvalue weighted by Gasteiger charge is 2.01. The van der Waals surface area contributed by atoms with Gasteiger partial charge in [0.1, 0.15) is 11.8 Å². The first-order valence-electron chi connectivity index (χ1n) is 2.48. The van der Waals surface area contributed by atoms with Crippen LogP contribution in [0.5, 0.6) is 5.75 Å². The van der Waals surface area contributed by atoms with Crippen LogP contribution in [0.4, 0.5) is 4.39 Å². The Morgan fingerprint density at radius 3 is 2.90 bits per heavy atom. The highest BCUT2D eigenvalue weighted by Crippen LogP contribution is 2.10. The molecule has 4 heteroatoms. The molecule has 0 saturated heterocycles. The molecule has 0 amide bonds. The Morgan fingerprint density at radius 1 is 1.70 bits per heavy atom. The first kappa shape index (κ1) is 6.49. The number of nitriles is 1. The zero-order valence-electron chi connectivity index (χ0n) is 4.87. The van der Waals surface area contributed by atoms with Crippen LogP contribution in [-0.4, -0.2) is 10.1 Å². The fourth-order valence-corrected chi connectivity index (χ4v) is 0.510. The van der Waals surface area contributed by atoms with Gasteiger partial charge in [-0.05, 0) is 0 Å². The maximum Gasteiger partial charge on any atom is 0.176 e. The van der Waals surface area contributed by atoms with Gasteiger partial charge in [-0.2, -0.15) is 5.26 Å². The molecule has 1 rings (SSSR count). The second-order valence-corrected chi connectivity index (χ2v) is 1.64. The number of rotatable bonds is 0. The van der Waals surface area contributed by atoms with Crippen molar-refractivity contribution in [2.45, 2.75) is 0 Å². The first-order valence-corrected chi connectivity index (χ1v) is 2.48. The lowest BCUT2D eigenvalue weighted by atomic mass is 10.3. The predicted molar refractivity (Wildman–Crippen MR) is 30.6 cm³/mol. The molecule has 0 unspecified atom stereocenters. The molecular formula is C6H3FN2O. The van der Waals surface area contributed by atoms with Crippen molar-refractivity contribution < 1.29 is 9.50 Å². The summed E-state index contributed by atoms with van der Waals surface area (Å²) in [5, 5.41) is 16.8. The minimum atomic E-state index is -0.803. The van der Waals surface area contributed by atoms with Gasteiger partial charge in [0.25, 0.3) is 0 Å². The SMILES string of the molecule is N#Cc1ncc(O)cc1F. The molecular weight excluding hydrogens is 135 g/mol. The molecule has 50 valence electrons. The summed E-state index contributed by atoms with van der Waals surface area (Å²) in [6.45, 7) is 0. The zero-order chi connectivity index (χ0) is 7.56. The maximum atomic E-state index is 12.4. The van der Waals surface area contributed by atoms with Crippen molar-refractivity contribution in [2.75, 3.05) is 0 Å². The third-order valence-corrected chi connectivity index (χ3v) is 0.933. The van der Waals surface area contributed by atoms with E-state index in [2.05, 4.69) is 4.98 Å². The zero-order valence-corrected chi connectivity index (χ0v) is 4.87. The van der Waals surface area contributed by atoms with Crippen LogP contribution in [0.2, 0.25) is 0 Å². The number of hydrogen-bond acceptors (Lipinski definition) is 3. The van der Waals surface area contributed by atoms with Crippen LogP contribution in [0.15, 0.2) is 12.3 Å². The number of halogens is 1. The largest absolute Gasteiger partial charge is 0.506 e. The van der Waals surface area contributed by atoms with Crippen molar-refractivity contribution in [3.8, 4) is 11.8 Å². The number of aromatic nitrogens is 1. The van der Waals surface area contributed by atoms with Crippen LogP contribution < -0.4 is 0 Å². The van der Waals surface area contributed by atoms with Crippen LogP contribution in [0, 0.1) is 17.1 Å². The maximum absolute atomic E-state index is 12.4. The second kappa shape index (κ2) is 2.31. The highest BCUT2D eigenvalue weighted by atomic mass is 19.1. The molecule has 0 fully saturated rings. The van der Waals surface area contributed by atoms with Crippen molar-refractivity contribution in [1.29, 1.82) is 5.26 Å². The van der Waals surface area contributed by atoms with Gasteiger partial charge >= 0.3 is 0 Å². The Kier molecular flexibility index (Phi) is 1.50. The van der Waals surface area contributed by atoms with E-state index in [9.17, 15) is 4.39 Å². The molecule has 0 aliphatic heterocycles. The van der Waals surface area contributed by atoms with Crippen molar-refractivity contribution in [2.24, 2.45) is 0 Å². The lowest BCUT2D eigenvalue weighted by Gasteiger charge is -1.91. The van der Waals surface area contributed by atoms with Crippen molar-refractivity contribution >= 4 is 0 Å². The van der Waals surface area contributed by atoms with Gasteiger partial charge in [-0.3, -0.25) is 0 Å². The topological polar surface area (TPSA) is 56.9 Å². The summed E-state index contributed by atoms with van der Waals surface area (Å²) >= 11 is 0. The van der Waals surface area contributed by atoms with Gasteiger partial charge in [-0.15, -0.1) is 0 Å². The number of pyridine rings is 1. The third-order valence-electron chi connectivity index (χ3n) is 0.933. The molecule has 0 radical (unpaired) electrons. The molecule has 0 saturated carbocycles. The quantitative estimate of drug-likeness (QED) is 0.576. The van der Waals surface area contributed by atoms with Crippen LogP contribution in [0.3, 0.4) is 0 Å². The van der Waals surface area contributed by atoms with E-state index in [1.165, 1.54) is 6.07 Å². The minimum absolute atomic E-state index is 0.281. The summed E-state index contributed by atoms with van der Waals surface area (Å²) in [4.78, 5) is 3.31. The normalized spacial score (nSPS) is 8.80. The molecule has 0 aliphatic rings. The van der Waals surface area contributed by atoms with E-state index < -0.39 is 5.82 Å². The molecule has 0 aliphatic carbocycles. The van der Waals surface area contributed by atoms with Crippen molar-refractivity contribution in [1.82, 2.24) is 4.98 Å². The highest BCUT2D eigenvalue weighted by molar-refractivity contribution is 5.27. The molecule has 1 N–H and O–H groups in total. The van der Waals surface area contributed by atoms with Crippen molar-refractivity contribution in [3.05, 3.63) is 23.8 Å². The summed E-state index contributed by atoms with van der Waals surface area (Å²) in [7, 11) is 0. The van der Waals surface area contributed by atoms with Crippen LogP contribution in [-0.2, 0) is 0 Å². The molecule has 10 heavy (non-hydrogen) atoms. The average molecular weight is 138 g/mol. The van der Waals surface area contributed by atoms with E-state index in [4.69, 9.17) is 10.4 Å². The predicted octanol–water partition coefficient (Wildman–Crippen LogP) is 0.798. The standard InChI is InChI=1S/C6H3FN2O/c7-5-1-4(10)3-9-6(5)2-8/h1,3,10H. The van der Waals surface area contributed by atoms with Gasteiger partial charge in [0.15, 0.2) is 11.5 Å². The first-order chi connectivity index (χ1) is 4.74. The third kappa shape index (κ3) is 1.03. The Hall–Kier alpha value is -1.63. The fourth-order valence-electron chi connectivity index (χ4n) is 0.510. The fraction of sp³-hybridized carbons (Fsp3) is 0. The summed E-state index contributed by atoms with van der Waals surface area (Å²) in [5.41, 5.74) is -0.308. The number of hydrogen-bond donors (Lipinski definition) is 1. The minimum Gasteiger partial charge on any atom is -0.506 e. The van der Waals surface area contributed by atoms with Gasteiger partial charge in [-0.25, -0.2) is 9.37 Å². The Labute approximate surface area is 56.4 Å².